The first-order chi connectivity index (χ1) is 7.74. The molecule has 3 rings (SSSR count). The fourth-order valence-electron chi connectivity index (χ4n) is 2.92. The number of carbonyl (C=O) groups excluding carboxylic acids is 1. The topological polar surface area (TPSA) is 32.8 Å². The van der Waals surface area contributed by atoms with E-state index >= 15 is 0 Å². The lowest BCUT2D eigenvalue weighted by Crippen LogP contribution is -2.57. The molecule has 4 nitrogen and oxygen atoms in total. The highest BCUT2D eigenvalue weighted by Gasteiger charge is 2.50. The van der Waals surface area contributed by atoms with Crippen molar-refractivity contribution in [2.24, 2.45) is 5.41 Å². The molecule has 4 heteroatoms. The minimum atomic E-state index is 0.247. The fourth-order valence-corrected chi connectivity index (χ4v) is 2.92. The van der Waals surface area contributed by atoms with Crippen molar-refractivity contribution in [2.75, 3.05) is 33.4 Å². The van der Waals surface area contributed by atoms with Crippen LogP contribution in [0.1, 0.15) is 25.7 Å². The second-order valence-electron chi connectivity index (χ2n) is 5.55. The van der Waals surface area contributed by atoms with Gasteiger partial charge in [0.05, 0.1) is 12.6 Å². The van der Waals surface area contributed by atoms with Crippen LogP contribution in [-0.2, 0) is 4.74 Å². The van der Waals surface area contributed by atoms with Crippen molar-refractivity contribution in [3.63, 3.8) is 0 Å². The Morgan fingerprint density at radius 1 is 1.38 bits per heavy atom. The maximum Gasteiger partial charge on any atom is 0.320 e. The van der Waals surface area contributed by atoms with Gasteiger partial charge in [0.15, 0.2) is 0 Å². The highest BCUT2D eigenvalue weighted by Crippen LogP contribution is 2.52. The number of hydrogen-bond donors (Lipinski definition) is 0. The van der Waals surface area contributed by atoms with Gasteiger partial charge in [0.1, 0.15) is 0 Å². The van der Waals surface area contributed by atoms with Gasteiger partial charge in [-0.15, -0.1) is 0 Å². The predicted octanol–water partition coefficient (Wildman–Crippen LogP) is 1.31. The Labute approximate surface area is 96.5 Å². The standard InChI is InChI=1S/C12H20N2O2/c1-16-8-10-2-6-14(10)11(15)13-7-5-12(9-13)3-4-12/h10H,2-9H2,1H3/t10-/m0/s1. The van der Waals surface area contributed by atoms with Crippen LogP contribution in [-0.4, -0.2) is 55.2 Å². The number of hydrogen-bond acceptors (Lipinski definition) is 2. The van der Waals surface area contributed by atoms with Crippen molar-refractivity contribution in [3.8, 4) is 0 Å². The average molecular weight is 224 g/mol. The molecule has 1 spiro atoms. The van der Waals surface area contributed by atoms with Crippen molar-refractivity contribution in [1.82, 2.24) is 9.80 Å². The Hall–Kier alpha value is -0.770. The molecule has 1 saturated carbocycles. The molecule has 3 aliphatic rings. The van der Waals surface area contributed by atoms with E-state index in [1.165, 1.54) is 19.3 Å². The molecule has 2 aliphatic heterocycles. The SMILES string of the molecule is COC[C@@H]1CCN1C(=O)N1CCC2(CC2)C1. The smallest absolute Gasteiger partial charge is 0.320 e. The van der Waals surface area contributed by atoms with E-state index in [4.69, 9.17) is 4.74 Å². The molecule has 0 bridgehead atoms. The molecule has 1 aliphatic carbocycles. The summed E-state index contributed by atoms with van der Waals surface area (Å²) < 4.78 is 5.13. The van der Waals surface area contributed by atoms with Gasteiger partial charge in [0.25, 0.3) is 0 Å². The average Bonchev–Trinajstić information content (AvgIpc) is 2.83. The van der Waals surface area contributed by atoms with Gasteiger partial charge in [-0.2, -0.15) is 0 Å². The van der Waals surface area contributed by atoms with E-state index in [0.717, 1.165) is 26.1 Å². The highest BCUT2D eigenvalue weighted by molar-refractivity contribution is 5.76. The number of carbonyl (C=O) groups is 1. The van der Waals surface area contributed by atoms with Gasteiger partial charge in [-0.1, -0.05) is 0 Å². The Morgan fingerprint density at radius 2 is 2.19 bits per heavy atom. The molecule has 0 aromatic rings. The molecule has 0 N–H and O–H groups in total. The molecule has 2 heterocycles. The van der Waals surface area contributed by atoms with E-state index in [1.54, 1.807) is 7.11 Å². The van der Waals surface area contributed by atoms with Gasteiger partial charge in [0.2, 0.25) is 0 Å². The van der Waals surface area contributed by atoms with Crippen molar-refractivity contribution in [3.05, 3.63) is 0 Å². The molecule has 2 saturated heterocycles. The summed E-state index contributed by atoms with van der Waals surface area (Å²) in [6.07, 6.45) is 4.98. The summed E-state index contributed by atoms with van der Waals surface area (Å²) in [6, 6.07) is 0.574. The van der Waals surface area contributed by atoms with Crippen LogP contribution in [0.5, 0.6) is 0 Å². The third-order valence-corrected chi connectivity index (χ3v) is 4.41. The maximum atomic E-state index is 12.2. The second kappa shape index (κ2) is 3.62. The van der Waals surface area contributed by atoms with Gasteiger partial charge in [-0.25, -0.2) is 4.79 Å². The summed E-state index contributed by atoms with van der Waals surface area (Å²) >= 11 is 0. The number of amides is 2. The first-order valence-electron chi connectivity index (χ1n) is 6.29. The first kappa shape index (κ1) is 10.4. The third-order valence-electron chi connectivity index (χ3n) is 4.41. The van der Waals surface area contributed by atoms with Crippen LogP contribution in [0.15, 0.2) is 0 Å². The van der Waals surface area contributed by atoms with E-state index in [2.05, 4.69) is 4.90 Å². The van der Waals surface area contributed by atoms with Crippen LogP contribution in [0, 0.1) is 5.41 Å². The van der Waals surface area contributed by atoms with Crippen LogP contribution in [0.2, 0.25) is 0 Å². The molecule has 3 fully saturated rings. The zero-order valence-corrected chi connectivity index (χ0v) is 9.95. The zero-order chi connectivity index (χ0) is 11.2. The first-order valence-corrected chi connectivity index (χ1v) is 6.29. The molecule has 90 valence electrons. The van der Waals surface area contributed by atoms with Crippen molar-refractivity contribution >= 4 is 6.03 Å². The van der Waals surface area contributed by atoms with Crippen LogP contribution >= 0.6 is 0 Å². The van der Waals surface area contributed by atoms with E-state index in [1.807, 2.05) is 4.90 Å². The lowest BCUT2D eigenvalue weighted by atomic mass is 10.1. The second-order valence-corrected chi connectivity index (χ2v) is 5.55. The normalized spacial score (nSPS) is 30.7. The van der Waals surface area contributed by atoms with Crippen LogP contribution in [0.4, 0.5) is 4.79 Å². The van der Waals surface area contributed by atoms with Gasteiger partial charge >= 0.3 is 6.03 Å². The minimum absolute atomic E-state index is 0.247. The predicted molar refractivity (Wildman–Crippen MR) is 60.2 cm³/mol. The lowest BCUT2D eigenvalue weighted by molar-refractivity contribution is 0.0368. The summed E-state index contributed by atoms with van der Waals surface area (Å²) in [6.45, 7) is 3.57. The van der Waals surface area contributed by atoms with Crippen LogP contribution in [0.3, 0.4) is 0 Å². The van der Waals surface area contributed by atoms with Crippen molar-refractivity contribution in [2.45, 2.75) is 31.7 Å². The van der Waals surface area contributed by atoms with E-state index < -0.39 is 0 Å². The fraction of sp³-hybridized carbons (Fsp3) is 0.917. The van der Waals surface area contributed by atoms with E-state index in [0.29, 0.717) is 18.1 Å². The number of methoxy groups -OCH3 is 1. The van der Waals surface area contributed by atoms with Gasteiger partial charge in [-0.05, 0) is 31.1 Å². The van der Waals surface area contributed by atoms with Gasteiger partial charge in [0, 0.05) is 26.7 Å². The van der Waals surface area contributed by atoms with Crippen molar-refractivity contribution < 1.29 is 9.53 Å². The number of ether oxygens (including phenoxy) is 1. The van der Waals surface area contributed by atoms with E-state index in [9.17, 15) is 4.79 Å². The molecule has 0 unspecified atom stereocenters. The van der Waals surface area contributed by atoms with Crippen molar-refractivity contribution in [1.29, 1.82) is 0 Å². The van der Waals surface area contributed by atoms with Gasteiger partial charge < -0.3 is 14.5 Å². The summed E-state index contributed by atoms with van der Waals surface area (Å²) in [7, 11) is 1.70. The summed E-state index contributed by atoms with van der Waals surface area (Å²) in [5, 5.41) is 0. The molecule has 0 aromatic heterocycles. The Kier molecular flexibility index (Phi) is 2.35. The maximum absolute atomic E-state index is 12.2. The molecular weight excluding hydrogens is 204 g/mol. The summed E-state index contributed by atoms with van der Waals surface area (Å²) in [4.78, 5) is 16.3. The molecule has 0 aromatic carbocycles. The Morgan fingerprint density at radius 3 is 2.69 bits per heavy atom. The number of likely N-dealkylation sites (tertiary alicyclic amines) is 2. The summed E-state index contributed by atoms with van der Waals surface area (Å²) in [5.41, 5.74) is 0.539. The number of nitrogens with zero attached hydrogens (tertiary/aromatic N) is 2. The highest BCUT2D eigenvalue weighted by atomic mass is 16.5. The van der Waals surface area contributed by atoms with E-state index in [-0.39, 0.29) is 6.03 Å². The lowest BCUT2D eigenvalue weighted by Gasteiger charge is -2.42. The van der Waals surface area contributed by atoms with Crippen LogP contribution < -0.4 is 0 Å². The quantitative estimate of drug-likeness (QED) is 0.708. The Bertz CT molecular complexity index is 301. The number of urea groups is 1. The third kappa shape index (κ3) is 1.59. The largest absolute Gasteiger partial charge is 0.383 e. The zero-order valence-electron chi connectivity index (χ0n) is 9.95. The van der Waals surface area contributed by atoms with Gasteiger partial charge in [-0.3, -0.25) is 0 Å². The minimum Gasteiger partial charge on any atom is -0.383 e. The molecule has 1 atom stereocenters. The molecule has 16 heavy (non-hydrogen) atoms. The monoisotopic (exact) mass is 224 g/mol. The molecular formula is C12H20N2O2. The molecule has 0 radical (unpaired) electrons. The Balaban J connectivity index is 1.57. The van der Waals surface area contributed by atoms with Crippen LogP contribution in [0.25, 0.3) is 0 Å². The molecule has 2 amide bonds. The summed E-state index contributed by atoms with van der Waals surface area (Å²) in [5.74, 6) is 0. The number of rotatable bonds is 2.